The first-order chi connectivity index (χ1) is 6.77. The van der Waals surface area contributed by atoms with Crippen molar-refractivity contribution in [3.8, 4) is 0 Å². The highest BCUT2D eigenvalue weighted by atomic mass is 15.1. The molecule has 1 aliphatic carbocycles. The second-order valence-corrected chi connectivity index (χ2v) is 4.08. The largest absolute Gasteiger partial charge is 0.330 e. The van der Waals surface area contributed by atoms with E-state index in [0.29, 0.717) is 0 Å². The number of hydrogen-bond acceptors (Lipinski definition) is 2. The maximum Gasteiger partial charge on any atom is 0.0951 e. The molecule has 0 aromatic carbocycles. The average molecular weight is 191 g/mol. The molecule has 0 unspecified atom stereocenters. The van der Waals surface area contributed by atoms with Gasteiger partial charge in [0.1, 0.15) is 0 Å². The number of aromatic nitrogens is 2. The first-order valence-corrected chi connectivity index (χ1v) is 5.13. The summed E-state index contributed by atoms with van der Waals surface area (Å²) in [5, 5.41) is 3.35. The molecule has 0 spiro atoms. The standard InChI is InChI=1S/C11H17N3/c1-9(2)5-12-6-11-7-13-8-14(11)10-3-4-10/h7-8,10,12H,1,3-6H2,2H3. The van der Waals surface area contributed by atoms with Gasteiger partial charge in [0.25, 0.3) is 0 Å². The molecular weight excluding hydrogens is 174 g/mol. The van der Waals surface area contributed by atoms with Crippen molar-refractivity contribution in [1.82, 2.24) is 14.9 Å². The average Bonchev–Trinajstić information content (AvgIpc) is 2.87. The third-order valence-electron chi connectivity index (χ3n) is 2.42. The lowest BCUT2D eigenvalue weighted by molar-refractivity contribution is 0.641. The topological polar surface area (TPSA) is 29.9 Å². The molecule has 0 saturated heterocycles. The Morgan fingerprint density at radius 3 is 3.14 bits per heavy atom. The van der Waals surface area contributed by atoms with Gasteiger partial charge in [0.15, 0.2) is 0 Å². The molecule has 1 N–H and O–H groups in total. The van der Waals surface area contributed by atoms with Crippen LogP contribution in [0.5, 0.6) is 0 Å². The van der Waals surface area contributed by atoms with Gasteiger partial charge < -0.3 is 9.88 Å². The predicted molar refractivity (Wildman–Crippen MR) is 57.0 cm³/mol. The molecular formula is C11H17N3. The highest BCUT2D eigenvalue weighted by molar-refractivity contribution is 5.04. The predicted octanol–water partition coefficient (Wildman–Crippen LogP) is 1.88. The lowest BCUT2D eigenvalue weighted by Gasteiger charge is -2.07. The summed E-state index contributed by atoms with van der Waals surface area (Å²) in [6.07, 6.45) is 6.51. The molecule has 1 aliphatic rings. The van der Waals surface area contributed by atoms with Gasteiger partial charge in [-0.25, -0.2) is 4.98 Å². The Morgan fingerprint density at radius 2 is 2.50 bits per heavy atom. The molecule has 76 valence electrons. The quantitative estimate of drug-likeness (QED) is 0.720. The van der Waals surface area contributed by atoms with Crippen LogP contribution in [-0.4, -0.2) is 16.1 Å². The number of nitrogens with zero attached hydrogens (tertiary/aromatic N) is 2. The fourth-order valence-electron chi connectivity index (χ4n) is 1.55. The van der Waals surface area contributed by atoms with Crippen molar-refractivity contribution in [2.45, 2.75) is 32.4 Å². The van der Waals surface area contributed by atoms with E-state index in [1.807, 2.05) is 19.4 Å². The van der Waals surface area contributed by atoms with Crippen molar-refractivity contribution >= 4 is 0 Å². The van der Waals surface area contributed by atoms with Crippen molar-refractivity contribution < 1.29 is 0 Å². The lowest BCUT2D eigenvalue weighted by Crippen LogP contribution is -2.17. The summed E-state index contributed by atoms with van der Waals surface area (Å²) in [6, 6.07) is 0.721. The summed E-state index contributed by atoms with van der Waals surface area (Å²) in [4.78, 5) is 4.18. The molecule has 0 amide bonds. The first kappa shape index (κ1) is 9.46. The highest BCUT2D eigenvalue weighted by Crippen LogP contribution is 2.35. The second kappa shape index (κ2) is 3.96. The van der Waals surface area contributed by atoms with E-state index < -0.39 is 0 Å². The molecule has 3 nitrogen and oxygen atoms in total. The summed E-state index contributed by atoms with van der Waals surface area (Å²) >= 11 is 0. The molecule has 1 fully saturated rings. The number of imidazole rings is 1. The van der Waals surface area contributed by atoms with Crippen molar-refractivity contribution in [1.29, 1.82) is 0 Å². The van der Waals surface area contributed by atoms with Crippen LogP contribution < -0.4 is 5.32 Å². The Balaban J connectivity index is 1.88. The molecule has 14 heavy (non-hydrogen) atoms. The Bertz CT molecular complexity index is 323. The zero-order valence-electron chi connectivity index (χ0n) is 8.66. The summed E-state index contributed by atoms with van der Waals surface area (Å²) in [5.41, 5.74) is 2.45. The van der Waals surface area contributed by atoms with Gasteiger partial charge in [-0.1, -0.05) is 12.2 Å². The minimum absolute atomic E-state index is 0.721. The van der Waals surface area contributed by atoms with Crippen LogP contribution in [0.3, 0.4) is 0 Å². The van der Waals surface area contributed by atoms with Gasteiger partial charge in [0, 0.05) is 25.3 Å². The van der Waals surface area contributed by atoms with Gasteiger partial charge in [-0.3, -0.25) is 0 Å². The first-order valence-electron chi connectivity index (χ1n) is 5.13. The molecule has 3 heteroatoms. The fraction of sp³-hybridized carbons (Fsp3) is 0.545. The van der Waals surface area contributed by atoms with Crippen LogP contribution in [-0.2, 0) is 6.54 Å². The Hall–Kier alpha value is -1.09. The van der Waals surface area contributed by atoms with Crippen LogP contribution in [0, 0.1) is 0 Å². The van der Waals surface area contributed by atoms with Crippen molar-refractivity contribution in [2.75, 3.05) is 6.54 Å². The third-order valence-corrected chi connectivity index (χ3v) is 2.42. The van der Waals surface area contributed by atoms with E-state index in [0.717, 1.165) is 19.1 Å². The van der Waals surface area contributed by atoms with Gasteiger partial charge in [-0.15, -0.1) is 0 Å². The summed E-state index contributed by atoms with van der Waals surface area (Å²) in [7, 11) is 0. The molecule has 1 aromatic rings. The smallest absolute Gasteiger partial charge is 0.0951 e. The highest BCUT2D eigenvalue weighted by Gasteiger charge is 2.24. The molecule has 1 saturated carbocycles. The summed E-state index contributed by atoms with van der Waals surface area (Å²) in [6.45, 7) is 7.67. The summed E-state index contributed by atoms with van der Waals surface area (Å²) < 4.78 is 2.28. The van der Waals surface area contributed by atoms with E-state index in [9.17, 15) is 0 Å². The van der Waals surface area contributed by atoms with E-state index in [4.69, 9.17) is 0 Å². The van der Waals surface area contributed by atoms with E-state index in [1.54, 1.807) is 0 Å². The zero-order chi connectivity index (χ0) is 9.97. The van der Waals surface area contributed by atoms with Crippen molar-refractivity contribution in [3.05, 3.63) is 30.4 Å². The summed E-state index contributed by atoms with van der Waals surface area (Å²) in [5.74, 6) is 0. The number of nitrogens with one attached hydrogen (secondary N) is 1. The lowest BCUT2D eigenvalue weighted by atomic mass is 10.3. The Kier molecular flexibility index (Phi) is 2.68. The van der Waals surface area contributed by atoms with Crippen molar-refractivity contribution in [3.63, 3.8) is 0 Å². The Labute approximate surface area is 84.8 Å². The van der Waals surface area contributed by atoms with Crippen molar-refractivity contribution in [2.24, 2.45) is 0 Å². The van der Waals surface area contributed by atoms with Crippen LogP contribution in [0.2, 0.25) is 0 Å². The van der Waals surface area contributed by atoms with Gasteiger partial charge in [-0.2, -0.15) is 0 Å². The molecule has 2 rings (SSSR count). The van der Waals surface area contributed by atoms with E-state index in [-0.39, 0.29) is 0 Å². The minimum Gasteiger partial charge on any atom is -0.330 e. The molecule has 0 bridgehead atoms. The van der Waals surface area contributed by atoms with Crippen LogP contribution in [0.25, 0.3) is 0 Å². The van der Waals surface area contributed by atoms with Gasteiger partial charge in [-0.05, 0) is 19.8 Å². The Morgan fingerprint density at radius 1 is 1.71 bits per heavy atom. The SMILES string of the molecule is C=C(C)CNCc1cncn1C1CC1. The van der Waals surface area contributed by atoms with E-state index in [2.05, 4.69) is 21.4 Å². The fourth-order valence-corrected chi connectivity index (χ4v) is 1.55. The van der Waals surface area contributed by atoms with E-state index in [1.165, 1.54) is 24.1 Å². The van der Waals surface area contributed by atoms with Crippen LogP contribution >= 0.6 is 0 Å². The number of rotatable bonds is 5. The van der Waals surface area contributed by atoms with E-state index >= 15 is 0 Å². The minimum atomic E-state index is 0.721. The maximum absolute atomic E-state index is 4.18. The van der Waals surface area contributed by atoms with Crippen LogP contribution in [0.1, 0.15) is 31.5 Å². The molecule has 1 heterocycles. The molecule has 0 radical (unpaired) electrons. The second-order valence-electron chi connectivity index (χ2n) is 4.08. The molecule has 0 atom stereocenters. The molecule has 0 aliphatic heterocycles. The normalized spacial score (nSPS) is 15.8. The van der Waals surface area contributed by atoms with Gasteiger partial charge >= 0.3 is 0 Å². The third kappa shape index (κ3) is 2.23. The van der Waals surface area contributed by atoms with Gasteiger partial charge in [0.05, 0.1) is 12.0 Å². The molecule has 1 aromatic heterocycles. The monoisotopic (exact) mass is 191 g/mol. The van der Waals surface area contributed by atoms with Crippen LogP contribution in [0.15, 0.2) is 24.7 Å². The van der Waals surface area contributed by atoms with Gasteiger partial charge in [0.2, 0.25) is 0 Å². The maximum atomic E-state index is 4.18. The van der Waals surface area contributed by atoms with Crippen LogP contribution in [0.4, 0.5) is 0 Å². The number of hydrogen-bond donors (Lipinski definition) is 1. The zero-order valence-corrected chi connectivity index (χ0v) is 8.66.